The fourth-order valence-corrected chi connectivity index (χ4v) is 2.25. The minimum absolute atomic E-state index is 0.438. The van der Waals surface area contributed by atoms with E-state index in [1.54, 1.807) is 6.08 Å². The van der Waals surface area contributed by atoms with Gasteiger partial charge in [-0.3, -0.25) is 0 Å². The van der Waals surface area contributed by atoms with Crippen LogP contribution in [0.2, 0.25) is 5.02 Å². The third kappa shape index (κ3) is 3.40. The van der Waals surface area contributed by atoms with Crippen molar-refractivity contribution < 1.29 is 4.42 Å². The topological polar surface area (TPSA) is 38.9 Å². The molecule has 0 saturated carbocycles. The zero-order chi connectivity index (χ0) is 14.7. The van der Waals surface area contributed by atoms with Crippen molar-refractivity contribution in [2.45, 2.75) is 0 Å². The Morgan fingerprint density at radius 2 is 1.71 bits per heavy atom. The van der Waals surface area contributed by atoms with E-state index in [-0.39, 0.29) is 0 Å². The summed E-state index contributed by atoms with van der Waals surface area (Å²) in [6.45, 7) is 0. The monoisotopic (exact) mass is 360 g/mol. The Hall–Kier alpha value is -1.91. The fraction of sp³-hybridized carbons (Fsp3) is 0. The molecule has 0 aliphatic heterocycles. The van der Waals surface area contributed by atoms with E-state index >= 15 is 0 Å². The van der Waals surface area contributed by atoms with Gasteiger partial charge in [0, 0.05) is 21.1 Å². The number of hydrogen-bond acceptors (Lipinski definition) is 3. The Morgan fingerprint density at radius 3 is 2.48 bits per heavy atom. The molecule has 0 atom stereocenters. The molecule has 3 aromatic rings. The van der Waals surface area contributed by atoms with Gasteiger partial charge in [-0.05, 0) is 42.0 Å². The van der Waals surface area contributed by atoms with E-state index in [2.05, 4.69) is 26.1 Å². The highest BCUT2D eigenvalue weighted by atomic mass is 79.9. The van der Waals surface area contributed by atoms with Crippen molar-refractivity contribution in [2.24, 2.45) is 0 Å². The molecule has 3 nitrogen and oxygen atoms in total. The van der Waals surface area contributed by atoms with Crippen LogP contribution < -0.4 is 0 Å². The summed E-state index contributed by atoms with van der Waals surface area (Å²) in [6.07, 6.45) is 3.60. The summed E-state index contributed by atoms with van der Waals surface area (Å²) in [4.78, 5) is 0. The molecule has 0 unspecified atom stereocenters. The lowest BCUT2D eigenvalue weighted by molar-refractivity contribution is 0.558. The van der Waals surface area contributed by atoms with Crippen molar-refractivity contribution in [1.82, 2.24) is 10.2 Å². The number of halogens is 2. The SMILES string of the molecule is Clc1ccccc1/C=C/c1nnc(-c2ccc(Br)cc2)o1. The lowest BCUT2D eigenvalue weighted by atomic mass is 10.2. The number of benzene rings is 2. The summed E-state index contributed by atoms with van der Waals surface area (Å²) in [5.74, 6) is 0.925. The molecular formula is C16H10BrClN2O. The summed E-state index contributed by atoms with van der Waals surface area (Å²) in [6, 6.07) is 15.3. The van der Waals surface area contributed by atoms with Gasteiger partial charge in [0.05, 0.1) is 0 Å². The van der Waals surface area contributed by atoms with Gasteiger partial charge < -0.3 is 4.42 Å². The van der Waals surface area contributed by atoms with Crippen LogP contribution in [0.1, 0.15) is 11.5 Å². The van der Waals surface area contributed by atoms with Gasteiger partial charge in [0.25, 0.3) is 0 Å². The molecule has 0 N–H and O–H groups in total. The zero-order valence-electron chi connectivity index (χ0n) is 10.8. The Bertz CT molecular complexity index is 781. The van der Waals surface area contributed by atoms with E-state index in [0.29, 0.717) is 16.8 Å². The molecule has 3 rings (SSSR count). The Morgan fingerprint density at radius 1 is 0.952 bits per heavy atom. The highest BCUT2D eigenvalue weighted by Crippen LogP contribution is 2.22. The van der Waals surface area contributed by atoms with E-state index in [1.807, 2.05) is 54.6 Å². The smallest absolute Gasteiger partial charge is 0.248 e. The quantitative estimate of drug-likeness (QED) is 0.633. The molecule has 1 heterocycles. The highest BCUT2D eigenvalue weighted by molar-refractivity contribution is 9.10. The molecule has 0 aliphatic carbocycles. The van der Waals surface area contributed by atoms with Gasteiger partial charge >= 0.3 is 0 Å². The van der Waals surface area contributed by atoms with Crippen LogP contribution in [-0.4, -0.2) is 10.2 Å². The van der Waals surface area contributed by atoms with Gasteiger partial charge in [-0.25, -0.2) is 0 Å². The van der Waals surface area contributed by atoms with Crippen LogP contribution in [0.4, 0.5) is 0 Å². The summed E-state index contributed by atoms with van der Waals surface area (Å²) in [5, 5.41) is 8.72. The van der Waals surface area contributed by atoms with Gasteiger partial charge in [-0.15, -0.1) is 10.2 Å². The van der Waals surface area contributed by atoms with Crippen LogP contribution in [0.15, 0.2) is 57.4 Å². The predicted molar refractivity (Wildman–Crippen MR) is 87.8 cm³/mol. The maximum Gasteiger partial charge on any atom is 0.248 e. The van der Waals surface area contributed by atoms with Crippen LogP contribution in [-0.2, 0) is 0 Å². The lowest BCUT2D eigenvalue weighted by Crippen LogP contribution is -1.76. The zero-order valence-corrected chi connectivity index (χ0v) is 13.2. The van der Waals surface area contributed by atoms with Crippen molar-refractivity contribution in [1.29, 1.82) is 0 Å². The van der Waals surface area contributed by atoms with E-state index in [4.69, 9.17) is 16.0 Å². The average molecular weight is 362 g/mol. The van der Waals surface area contributed by atoms with Crippen molar-refractivity contribution in [2.75, 3.05) is 0 Å². The van der Waals surface area contributed by atoms with E-state index in [1.165, 1.54) is 0 Å². The fourth-order valence-electron chi connectivity index (χ4n) is 1.78. The number of rotatable bonds is 3. The van der Waals surface area contributed by atoms with Crippen LogP contribution in [0.3, 0.4) is 0 Å². The van der Waals surface area contributed by atoms with Crippen molar-refractivity contribution in [3.8, 4) is 11.5 Å². The third-order valence-electron chi connectivity index (χ3n) is 2.84. The average Bonchev–Trinajstić information content (AvgIpc) is 2.96. The molecule has 0 radical (unpaired) electrons. The van der Waals surface area contributed by atoms with Crippen LogP contribution in [0.25, 0.3) is 23.6 Å². The first kappa shape index (κ1) is 14.0. The van der Waals surface area contributed by atoms with E-state index in [0.717, 1.165) is 15.6 Å². The van der Waals surface area contributed by atoms with Crippen LogP contribution in [0, 0.1) is 0 Å². The van der Waals surface area contributed by atoms with Crippen molar-refractivity contribution in [3.05, 3.63) is 69.5 Å². The number of aromatic nitrogens is 2. The Balaban J connectivity index is 1.82. The normalized spacial score (nSPS) is 11.1. The first-order valence-electron chi connectivity index (χ1n) is 6.24. The molecule has 0 saturated heterocycles. The minimum Gasteiger partial charge on any atom is -0.417 e. The molecule has 0 fully saturated rings. The first-order valence-corrected chi connectivity index (χ1v) is 7.41. The predicted octanol–water partition coefficient (Wildman–Crippen LogP) is 5.32. The third-order valence-corrected chi connectivity index (χ3v) is 3.72. The summed E-state index contributed by atoms with van der Waals surface area (Å²) >= 11 is 9.47. The second kappa shape index (κ2) is 6.24. The standard InChI is InChI=1S/C16H10BrClN2O/c17-13-8-5-12(6-9-13)16-20-19-15(21-16)10-7-11-3-1-2-4-14(11)18/h1-10H/b10-7+. The second-order valence-corrected chi connectivity index (χ2v) is 5.63. The maximum atomic E-state index is 6.08. The molecule has 21 heavy (non-hydrogen) atoms. The molecule has 5 heteroatoms. The van der Waals surface area contributed by atoms with Gasteiger partial charge in [0.15, 0.2) is 0 Å². The molecule has 2 aromatic carbocycles. The largest absolute Gasteiger partial charge is 0.417 e. The Kier molecular flexibility index (Phi) is 4.18. The molecule has 0 aliphatic rings. The summed E-state index contributed by atoms with van der Waals surface area (Å²) in [7, 11) is 0. The van der Waals surface area contributed by atoms with E-state index < -0.39 is 0 Å². The molecule has 0 bridgehead atoms. The second-order valence-electron chi connectivity index (χ2n) is 4.31. The lowest BCUT2D eigenvalue weighted by Gasteiger charge is -1.95. The van der Waals surface area contributed by atoms with Gasteiger partial charge in [-0.1, -0.05) is 45.7 Å². The van der Waals surface area contributed by atoms with Crippen LogP contribution in [0.5, 0.6) is 0 Å². The molecular weight excluding hydrogens is 352 g/mol. The number of nitrogens with zero attached hydrogens (tertiary/aromatic N) is 2. The Labute approximate surface area is 135 Å². The van der Waals surface area contributed by atoms with Crippen LogP contribution >= 0.6 is 27.5 Å². The van der Waals surface area contributed by atoms with E-state index in [9.17, 15) is 0 Å². The molecule has 0 spiro atoms. The first-order chi connectivity index (χ1) is 10.2. The summed E-state index contributed by atoms with van der Waals surface area (Å²) < 4.78 is 6.61. The minimum atomic E-state index is 0.438. The van der Waals surface area contributed by atoms with Crippen molar-refractivity contribution in [3.63, 3.8) is 0 Å². The summed E-state index contributed by atoms with van der Waals surface area (Å²) in [5.41, 5.74) is 1.78. The molecule has 0 amide bonds. The molecule has 104 valence electrons. The number of hydrogen-bond donors (Lipinski definition) is 0. The molecule has 1 aromatic heterocycles. The van der Waals surface area contributed by atoms with Gasteiger partial charge in [-0.2, -0.15) is 0 Å². The van der Waals surface area contributed by atoms with Gasteiger partial charge in [0.1, 0.15) is 0 Å². The highest BCUT2D eigenvalue weighted by Gasteiger charge is 2.06. The van der Waals surface area contributed by atoms with Gasteiger partial charge in [0.2, 0.25) is 11.8 Å². The maximum absolute atomic E-state index is 6.08. The van der Waals surface area contributed by atoms with Crippen molar-refractivity contribution >= 4 is 39.7 Å².